The van der Waals surface area contributed by atoms with Crippen LogP contribution in [0.4, 0.5) is 5.95 Å². The molecule has 0 radical (unpaired) electrons. The number of rotatable bonds is 6. The summed E-state index contributed by atoms with van der Waals surface area (Å²) in [5, 5.41) is 4.27. The fourth-order valence-electron chi connectivity index (χ4n) is 1.92. The molecule has 0 amide bonds. The molecule has 0 saturated carbocycles. The van der Waals surface area contributed by atoms with Gasteiger partial charge in [-0.05, 0) is 41.4 Å². The molecule has 0 aliphatic carbocycles. The maximum absolute atomic E-state index is 6.34. The summed E-state index contributed by atoms with van der Waals surface area (Å²) >= 11 is 15.9. The van der Waals surface area contributed by atoms with Crippen molar-refractivity contribution in [2.45, 2.75) is 13.3 Å². The van der Waals surface area contributed by atoms with Gasteiger partial charge in [-0.2, -0.15) is 0 Å². The predicted octanol–water partition coefficient (Wildman–Crippen LogP) is 4.70. The van der Waals surface area contributed by atoms with E-state index in [9.17, 15) is 0 Å². The number of anilines is 1. The Balaban J connectivity index is 2.29. The average molecular weight is 393 g/mol. The van der Waals surface area contributed by atoms with E-state index in [4.69, 9.17) is 27.9 Å². The molecule has 114 valence electrons. The summed E-state index contributed by atoms with van der Waals surface area (Å²) in [5.41, 5.74) is 1.69. The summed E-state index contributed by atoms with van der Waals surface area (Å²) in [6, 6.07) is 3.77. The van der Waals surface area contributed by atoms with Crippen LogP contribution < -0.4 is 5.32 Å². The molecule has 2 rings (SSSR count). The minimum Gasteiger partial charge on any atom is -0.385 e. The van der Waals surface area contributed by atoms with Crippen molar-refractivity contribution in [3.8, 4) is 5.69 Å². The van der Waals surface area contributed by atoms with Crippen molar-refractivity contribution in [2.75, 3.05) is 25.6 Å². The monoisotopic (exact) mass is 391 g/mol. The number of methoxy groups -OCH3 is 1. The van der Waals surface area contributed by atoms with Gasteiger partial charge in [0.25, 0.3) is 0 Å². The quantitative estimate of drug-likeness (QED) is 0.572. The van der Waals surface area contributed by atoms with Gasteiger partial charge < -0.3 is 10.1 Å². The minimum absolute atomic E-state index is 0.489. The summed E-state index contributed by atoms with van der Waals surface area (Å²) < 4.78 is 7.71. The number of nitrogens with one attached hydrogen (secondary N) is 1. The van der Waals surface area contributed by atoms with E-state index in [1.807, 2.05) is 29.8 Å². The molecule has 4 nitrogen and oxygen atoms in total. The first kappa shape index (κ1) is 16.6. The fraction of sp³-hybridized carbons (Fsp3) is 0.357. The normalized spacial score (nSPS) is 10.9. The second-order valence-corrected chi connectivity index (χ2v) is 6.15. The van der Waals surface area contributed by atoms with Gasteiger partial charge in [0.15, 0.2) is 0 Å². The van der Waals surface area contributed by atoms with E-state index in [1.165, 1.54) is 0 Å². The molecule has 0 atom stereocenters. The van der Waals surface area contributed by atoms with Crippen LogP contribution in [0, 0.1) is 6.92 Å². The third-order valence-electron chi connectivity index (χ3n) is 2.91. The lowest BCUT2D eigenvalue weighted by Crippen LogP contribution is -2.09. The van der Waals surface area contributed by atoms with Gasteiger partial charge in [0.1, 0.15) is 0 Å². The van der Waals surface area contributed by atoms with Crippen molar-refractivity contribution in [3.63, 3.8) is 0 Å². The highest BCUT2D eigenvalue weighted by Gasteiger charge is 2.14. The molecule has 0 unspecified atom stereocenters. The van der Waals surface area contributed by atoms with Crippen LogP contribution in [0.3, 0.4) is 0 Å². The molecular weight excluding hydrogens is 377 g/mol. The van der Waals surface area contributed by atoms with Crippen LogP contribution in [0.25, 0.3) is 5.69 Å². The van der Waals surface area contributed by atoms with E-state index in [0.717, 1.165) is 34.8 Å². The fourth-order valence-corrected chi connectivity index (χ4v) is 2.78. The van der Waals surface area contributed by atoms with E-state index in [-0.39, 0.29) is 0 Å². The highest BCUT2D eigenvalue weighted by Crippen LogP contribution is 2.35. The van der Waals surface area contributed by atoms with Crippen molar-refractivity contribution in [1.82, 2.24) is 9.55 Å². The Morgan fingerprint density at radius 2 is 2.10 bits per heavy atom. The van der Waals surface area contributed by atoms with Crippen LogP contribution in [0.2, 0.25) is 10.0 Å². The van der Waals surface area contributed by atoms with E-state index in [0.29, 0.717) is 16.7 Å². The summed E-state index contributed by atoms with van der Waals surface area (Å²) in [7, 11) is 1.69. The highest BCUT2D eigenvalue weighted by molar-refractivity contribution is 9.10. The predicted molar refractivity (Wildman–Crippen MR) is 91.0 cm³/mol. The number of halogens is 3. The van der Waals surface area contributed by atoms with Crippen LogP contribution in [0.5, 0.6) is 0 Å². The van der Waals surface area contributed by atoms with Crippen molar-refractivity contribution in [1.29, 1.82) is 0 Å². The molecule has 7 heteroatoms. The number of ether oxygens (including phenoxy) is 1. The van der Waals surface area contributed by atoms with Crippen LogP contribution >= 0.6 is 39.1 Å². The Kier molecular flexibility index (Phi) is 5.93. The van der Waals surface area contributed by atoms with E-state index in [2.05, 4.69) is 26.2 Å². The Hall–Kier alpha value is -0.750. The number of aromatic nitrogens is 2. The van der Waals surface area contributed by atoms with Crippen LogP contribution in [-0.2, 0) is 4.74 Å². The molecule has 1 heterocycles. The summed E-state index contributed by atoms with van der Waals surface area (Å²) in [6.45, 7) is 3.41. The molecular formula is C14H16BrCl2N3O. The maximum Gasteiger partial charge on any atom is 0.207 e. The maximum atomic E-state index is 6.34. The standard InChI is InChI=1S/C14H16BrCl2N3O/c1-9-8-20(14(19-9)18-6-3-7-21-2)11-5-4-10(15)12(16)13(11)17/h4-5,8H,3,6-7H2,1-2H3,(H,18,19). The van der Waals surface area contributed by atoms with Crippen molar-refractivity contribution >= 4 is 45.1 Å². The third kappa shape index (κ3) is 3.92. The first-order chi connectivity index (χ1) is 10.0. The molecule has 0 saturated heterocycles. The van der Waals surface area contributed by atoms with Gasteiger partial charge in [-0.25, -0.2) is 4.98 Å². The molecule has 0 aliphatic heterocycles. The smallest absolute Gasteiger partial charge is 0.207 e. The number of nitrogens with zero attached hydrogens (tertiary/aromatic N) is 2. The van der Waals surface area contributed by atoms with Crippen molar-refractivity contribution in [3.05, 3.63) is 38.5 Å². The third-order valence-corrected chi connectivity index (χ3v) is 4.67. The van der Waals surface area contributed by atoms with Gasteiger partial charge >= 0.3 is 0 Å². The lowest BCUT2D eigenvalue weighted by atomic mass is 10.3. The molecule has 0 aliphatic rings. The number of hydrogen-bond acceptors (Lipinski definition) is 3. The number of hydrogen-bond donors (Lipinski definition) is 1. The summed E-state index contributed by atoms with van der Waals surface area (Å²) in [6.07, 6.45) is 2.82. The van der Waals surface area contributed by atoms with Gasteiger partial charge in [0.2, 0.25) is 5.95 Å². The minimum atomic E-state index is 0.489. The molecule has 0 spiro atoms. The van der Waals surface area contributed by atoms with Gasteiger partial charge in [0, 0.05) is 30.9 Å². The first-order valence-corrected chi connectivity index (χ1v) is 8.02. The second-order valence-electron chi connectivity index (χ2n) is 4.54. The van der Waals surface area contributed by atoms with Gasteiger partial charge in [-0.15, -0.1) is 0 Å². The second kappa shape index (κ2) is 7.49. The lowest BCUT2D eigenvalue weighted by molar-refractivity contribution is 0.197. The topological polar surface area (TPSA) is 39.1 Å². The zero-order valence-electron chi connectivity index (χ0n) is 11.8. The molecule has 2 aromatic rings. The first-order valence-electron chi connectivity index (χ1n) is 6.47. The number of benzene rings is 1. The van der Waals surface area contributed by atoms with Gasteiger partial charge in [0.05, 0.1) is 21.4 Å². The number of imidazole rings is 1. The molecule has 0 fully saturated rings. The van der Waals surface area contributed by atoms with Crippen LogP contribution in [0.15, 0.2) is 22.8 Å². The Morgan fingerprint density at radius 1 is 1.33 bits per heavy atom. The zero-order chi connectivity index (χ0) is 15.4. The average Bonchev–Trinajstić information content (AvgIpc) is 2.82. The van der Waals surface area contributed by atoms with Crippen LogP contribution in [0.1, 0.15) is 12.1 Å². The van der Waals surface area contributed by atoms with Gasteiger partial charge in [-0.3, -0.25) is 4.57 Å². The van der Waals surface area contributed by atoms with E-state index in [1.54, 1.807) is 7.11 Å². The number of aryl methyl sites for hydroxylation is 1. The summed E-state index contributed by atoms with van der Waals surface area (Å²) in [4.78, 5) is 4.48. The molecule has 1 aromatic heterocycles. The van der Waals surface area contributed by atoms with Gasteiger partial charge in [-0.1, -0.05) is 23.2 Å². The molecule has 21 heavy (non-hydrogen) atoms. The van der Waals surface area contributed by atoms with Crippen molar-refractivity contribution in [2.24, 2.45) is 0 Å². The Morgan fingerprint density at radius 3 is 2.81 bits per heavy atom. The summed E-state index contributed by atoms with van der Waals surface area (Å²) in [5.74, 6) is 0.740. The zero-order valence-corrected chi connectivity index (χ0v) is 14.9. The SMILES string of the molecule is COCCCNc1nc(C)cn1-c1ccc(Br)c(Cl)c1Cl. The lowest BCUT2D eigenvalue weighted by Gasteiger charge is -2.12. The molecule has 1 N–H and O–H groups in total. The Labute approximate surface area is 142 Å². The highest BCUT2D eigenvalue weighted by atomic mass is 79.9. The Bertz CT molecular complexity index is 631. The molecule has 1 aromatic carbocycles. The van der Waals surface area contributed by atoms with Crippen molar-refractivity contribution < 1.29 is 4.74 Å². The van der Waals surface area contributed by atoms with E-state index < -0.39 is 0 Å². The molecule has 0 bridgehead atoms. The largest absolute Gasteiger partial charge is 0.385 e. The van der Waals surface area contributed by atoms with E-state index >= 15 is 0 Å². The van der Waals surface area contributed by atoms with Crippen LogP contribution in [-0.4, -0.2) is 29.8 Å².